The van der Waals surface area contributed by atoms with Crippen LogP contribution in [0.3, 0.4) is 0 Å². The van der Waals surface area contributed by atoms with Crippen molar-refractivity contribution in [3.05, 3.63) is 182 Å². The monoisotopic (exact) mass is 790 g/mol. The minimum absolute atomic E-state index is 0.973. The van der Waals surface area contributed by atoms with Crippen molar-refractivity contribution in [2.75, 3.05) is 0 Å². The summed E-state index contributed by atoms with van der Waals surface area (Å²) in [5.41, 5.74) is 0. The molecule has 0 radical (unpaired) electrons. The van der Waals surface area contributed by atoms with E-state index in [1.165, 1.54) is 0 Å². The van der Waals surface area contributed by atoms with Gasteiger partial charge in [0.05, 0.1) is 0 Å². The van der Waals surface area contributed by atoms with E-state index in [0.29, 0.717) is 0 Å². The third-order valence-electron chi connectivity index (χ3n) is 7.61. The molecule has 0 fully saturated rings. The van der Waals surface area contributed by atoms with Gasteiger partial charge in [-0.05, 0) is 0 Å². The van der Waals surface area contributed by atoms with Gasteiger partial charge < -0.3 is 0 Å². The Kier molecular flexibility index (Phi) is 7.88. The Bertz CT molecular complexity index is 1400. The van der Waals surface area contributed by atoms with E-state index in [1.807, 2.05) is 109 Å². The van der Waals surface area contributed by atoms with Gasteiger partial charge in [-0.3, -0.25) is 0 Å². The maximum atomic E-state index is 8.64. The molecule has 0 aliphatic carbocycles. The molecule has 0 N–H and O–H groups in total. The molecule has 0 saturated carbocycles. The molecule has 0 atom stereocenters. The fourth-order valence-electron chi connectivity index (χ4n) is 5.63. The summed E-state index contributed by atoms with van der Waals surface area (Å²) in [6.45, 7) is 0. The molecule has 6 aromatic rings. The fourth-order valence-corrected chi connectivity index (χ4v) is 65.0. The van der Waals surface area contributed by atoms with Crippen LogP contribution in [0.25, 0.3) is 0 Å². The second kappa shape index (κ2) is 11.3. The number of halogens is 2. The minimum atomic E-state index is -5.49. The summed E-state index contributed by atoms with van der Waals surface area (Å²) in [6, 6.07) is 62.1. The molecule has 0 aliphatic rings. The molecule has 0 aromatic heterocycles. The molecule has 0 unspecified atom stereocenters. The first-order valence-corrected chi connectivity index (χ1v) is 29.7. The van der Waals surface area contributed by atoms with Crippen molar-refractivity contribution in [1.29, 1.82) is 0 Å². The second-order valence-corrected chi connectivity index (χ2v) is 41.7. The molecule has 0 aliphatic heterocycles. The van der Waals surface area contributed by atoms with Crippen LogP contribution in [0.2, 0.25) is 0 Å². The summed E-state index contributed by atoms with van der Waals surface area (Å²) >= 11 is -11.0. The molecule has 0 heterocycles. The zero-order valence-electron chi connectivity index (χ0n) is 22.4. The summed E-state index contributed by atoms with van der Waals surface area (Å²) in [5, 5.41) is 0. The van der Waals surface area contributed by atoms with Crippen LogP contribution in [0.15, 0.2) is 182 Å². The van der Waals surface area contributed by atoms with Gasteiger partial charge in [0.25, 0.3) is 0 Å². The predicted octanol–water partition coefficient (Wildman–Crippen LogP) is 5.72. The summed E-state index contributed by atoms with van der Waals surface area (Å²) in [7, 11) is 17.3. The third-order valence-corrected chi connectivity index (χ3v) is 55.4. The van der Waals surface area contributed by atoms with Gasteiger partial charge in [0.15, 0.2) is 0 Å². The fraction of sp³-hybridized carbons (Fsp3) is 0. The van der Waals surface area contributed by atoms with Gasteiger partial charge >= 0.3 is 255 Å². The molecule has 0 saturated heterocycles. The summed E-state index contributed by atoms with van der Waals surface area (Å²) in [5.74, 6) is 0. The SMILES string of the molecule is [Cl][Sb]([O][Sb]([Cl])([c]1ccccc1)([c]1ccccc1)[c]1ccccc1)([c]1ccccc1)([c]1ccccc1)[c]1ccccc1. The first kappa shape index (κ1) is 28.6. The Morgan fingerprint density at radius 1 is 0.268 bits per heavy atom. The molecule has 6 rings (SSSR count). The first-order chi connectivity index (χ1) is 20.0. The first-order valence-electron chi connectivity index (χ1n) is 13.5. The van der Waals surface area contributed by atoms with E-state index in [2.05, 4.69) is 72.8 Å². The van der Waals surface area contributed by atoms with E-state index in [-0.39, 0.29) is 0 Å². The van der Waals surface area contributed by atoms with Crippen LogP contribution in [-0.4, -0.2) is 33.4 Å². The topological polar surface area (TPSA) is 9.23 Å². The molecule has 0 bridgehead atoms. The van der Waals surface area contributed by atoms with E-state index in [9.17, 15) is 0 Å². The normalized spacial score (nSPS) is 13.8. The van der Waals surface area contributed by atoms with Crippen LogP contribution in [0.4, 0.5) is 0 Å². The average Bonchev–Trinajstić information content (AvgIpc) is 3.07. The number of hydrogen-bond donors (Lipinski definition) is 0. The van der Waals surface area contributed by atoms with Gasteiger partial charge in [0.1, 0.15) is 0 Å². The van der Waals surface area contributed by atoms with Crippen LogP contribution >= 0.6 is 17.7 Å². The zero-order chi connectivity index (χ0) is 28.3. The molecular formula is C36H30Cl2OSb2. The van der Waals surface area contributed by atoms with E-state index in [0.717, 1.165) is 21.1 Å². The van der Waals surface area contributed by atoms with Gasteiger partial charge in [0, 0.05) is 0 Å². The molecule has 6 aromatic carbocycles. The van der Waals surface area contributed by atoms with Crippen molar-refractivity contribution >= 4 is 72.1 Å². The second-order valence-electron chi connectivity index (χ2n) is 9.96. The van der Waals surface area contributed by atoms with Crippen LogP contribution in [-0.2, 0) is 1.29 Å². The van der Waals surface area contributed by atoms with Gasteiger partial charge in [0.2, 0.25) is 0 Å². The summed E-state index contributed by atoms with van der Waals surface area (Å²) in [6.07, 6.45) is 0. The van der Waals surface area contributed by atoms with Crippen LogP contribution in [0.1, 0.15) is 0 Å². The Morgan fingerprint density at radius 2 is 0.415 bits per heavy atom. The van der Waals surface area contributed by atoms with Gasteiger partial charge in [-0.25, -0.2) is 0 Å². The van der Waals surface area contributed by atoms with E-state index in [4.69, 9.17) is 19.0 Å². The van der Waals surface area contributed by atoms with Gasteiger partial charge in [-0.15, -0.1) is 0 Å². The van der Waals surface area contributed by atoms with Gasteiger partial charge in [-0.1, -0.05) is 0 Å². The maximum absolute atomic E-state index is 8.64. The van der Waals surface area contributed by atoms with Crippen LogP contribution in [0.5, 0.6) is 0 Å². The summed E-state index contributed by atoms with van der Waals surface area (Å²) < 4.78 is 14.1. The zero-order valence-corrected chi connectivity index (χ0v) is 29.0. The Balaban J connectivity index is 1.86. The van der Waals surface area contributed by atoms with E-state index in [1.54, 1.807) is 0 Å². The van der Waals surface area contributed by atoms with Crippen LogP contribution in [0, 0.1) is 0 Å². The van der Waals surface area contributed by atoms with Gasteiger partial charge in [-0.2, -0.15) is 0 Å². The Hall–Kier alpha value is -2.50. The summed E-state index contributed by atoms with van der Waals surface area (Å²) in [4.78, 5) is 0. The average molecular weight is 793 g/mol. The molecule has 0 amide bonds. The Morgan fingerprint density at radius 3 is 0.561 bits per heavy atom. The predicted molar refractivity (Wildman–Crippen MR) is 181 cm³/mol. The van der Waals surface area contributed by atoms with E-state index < -0.39 is 33.4 Å². The van der Waals surface area contributed by atoms with E-state index >= 15 is 0 Å². The molecule has 0 spiro atoms. The molecule has 204 valence electrons. The van der Waals surface area contributed by atoms with Crippen molar-refractivity contribution in [3.63, 3.8) is 0 Å². The Labute approximate surface area is 252 Å². The number of hydrogen-bond acceptors (Lipinski definition) is 1. The molecule has 1 nitrogen and oxygen atoms in total. The standard InChI is InChI=1S/6C6H5.2ClH.O.2Sb/c6*1-2-4-6-5-3-1;;;;;/h6*1-5H;2*1H;;;/q;;;;;;;;;2*+1/p-2. The molecule has 41 heavy (non-hydrogen) atoms. The molecule has 5 heteroatoms. The number of rotatable bonds is 8. The van der Waals surface area contributed by atoms with Crippen molar-refractivity contribution < 1.29 is 1.29 Å². The van der Waals surface area contributed by atoms with Crippen molar-refractivity contribution in [1.82, 2.24) is 0 Å². The van der Waals surface area contributed by atoms with Crippen molar-refractivity contribution in [2.24, 2.45) is 0 Å². The molecular weight excluding hydrogens is 763 g/mol. The van der Waals surface area contributed by atoms with Crippen LogP contribution < -0.4 is 21.1 Å². The van der Waals surface area contributed by atoms with Crippen molar-refractivity contribution in [2.45, 2.75) is 0 Å². The quantitative estimate of drug-likeness (QED) is 0.180. The third kappa shape index (κ3) is 4.59. The van der Waals surface area contributed by atoms with Crippen molar-refractivity contribution in [3.8, 4) is 0 Å². The number of benzene rings is 6.